The third kappa shape index (κ3) is 28.8. The highest BCUT2D eigenvalue weighted by atomic mass is 35.7. The second-order valence-corrected chi connectivity index (χ2v) is 35.5. The summed E-state index contributed by atoms with van der Waals surface area (Å²) in [5, 5.41) is 16.7. The largest absolute Gasteiger partial charge is 0.497 e. The van der Waals surface area contributed by atoms with Crippen LogP contribution in [0, 0.1) is 48.7 Å². The normalized spacial score (nSPS) is 16.6. The SMILES string of the molecule is COc1ccc(C(OC[C@H]2O[C@@H](n3cc(C#CCNC(=O)CCC(C)C)c(=O)[nH]c3=O)C[C@H]2O)(c2ccccc2)c2ccc(OC)cc2)cc1.[C-]#[N+]CCOP(Cl)N(C(C)C)C(C)C.[C-]#[N+]CCOP(O[C@@H]1C[C@H](n2cc(C#CCNC(=O)CCC(C)C)c(=O)[nH]c2=O)O[C@@H]1COC(c1ccccc1)(c1ccc(OC)cc1)c1ccc(OC)cc1)N(C(C)C)C(C)C. The lowest BCUT2D eigenvalue weighted by molar-refractivity contribution is -0.121. The average Bonchev–Trinajstić information content (AvgIpc) is 1.16. The molecule has 2 aliphatic rings. The maximum atomic E-state index is 13.6. The fourth-order valence-electron chi connectivity index (χ4n) is 14.5. The highest BCUT2D eigenvalue weighted by Gasteiger charge is 2.47. The van der Waals surface area contributed by atoms with Crippen LogP contribution in [0.25, 0.3) is 9.69 Å². The van der Waals surface area contributed by atoms with E-state index >= 15 is 0 Å². The van der Waals surface area contributed by atoms with Crippen molar-refractivity contribution in [1.82, 2.24) is 39.1 Å². The van der Waals surface area contributed by atoms with Gasteiger partial charge in [-0.25, -0.2) is 32.1 Å². The number of aromatic nitrogens is 4. The molecule has 127 heavy (non-hydrogen) atoms. The molecule has 2 amide bonds. The third-order valence-electron chi connectivity index (χ3n) is 20.8. The Balaban J connectivity index is 0.000000277. The summed E-state index contributed by atoms with van der Waals surface area (Å²) in [5.41, 5.74) is -0.00876. The Morgan fingerprint density at radius 1 is 0.520 bits per heavy atom. The van der Waals surface area contributed by atoms with Crippen LogP contribution in [0.2, 0.25) is 0 Å². The number of hydrogen-bond acceptors (Lipinski definition) is 20. The first-order valence-electron chi connectivity index (χ1n) is 42.5. The molecule has 2 saturated heterocycles. The third-order valence-corrected chi connectivity index (χ3v) is 25.5. The number of H-pyrrole nitrogens is 2. The van der Waals surface area contributed by atoms with Crippen LogP contribution in [-0.2, 0) is 53.3 Å². The molecule has 31 heteroatoms. The number of amides is 2. The number of aliphatic hydroxyl groups is 1. The number of nitrogens with one attached hydrogen (secondary N) is 4. The van der Waals surface area contributed by atoms with Gasteiger partial charge in [0.05, 0.1) is 67.0 Å². The van der Waals surface area contributed by atoms with E-state index in [4.69, 9.17) is 75.9 Å². The fraction of sp³-hybridized carbons (Fsp3) is 0.458. The first kappa shape index (κ1) is 102. The minimum atomic E-state index is -1.74. The van der Waals surface area contributed by atoms with Gasteiger partial charge in [0.1, 0.15) is 83.2 Å². The summed E-state index contributed by atoms with van der Waals surface area (Å²) < 4.78 is 74.6. The molecular weight excluding hydrogens is 1680 g/mol. The summed E-state index contributed by atoms with van der Waals surface area (Å²) in [5.74, 6) is 14.4. The number of nitrogens with zero attached hydrogens (tertiary/aromatic N) is 6. The number of methoxy groups -OCH3 is 4. The fourth-order valence-corrected chi connectivity index (χ4v) is 18.6. The number of halogens is 1. The molecule has 8 aromatic rings. The highest BCUT2D eigenvalue weighted by Crippen LogP contribution is 2.52. The molecule has 8 atom stereocenters. The van der Waals surface area contributed by atoms with Gasteiger partial charge in [0.2, 0.25) is 32.6 Å². The molecule has 28 nitrogen and oxygen atoms in total. The minimum absolute atomic E-state index is 0.0238. The Kier molecular flexibility index (Phi) is 41.0. The lowest BCUT2D eigenvalue weighted by atomic mass is 9.80. The van der Waals surface area contributed by atoms with Crippen molar-refractivity contribution in [2.75, 3.05) is 81.0 Å². The van der Waals surface area contributed by atoms with Gasteiger partial charge in [-0.2, -0.15) is 0 Å². The molecule has 0 bridgehead atoms. The zero-order chi connectivity index (χ0) is 92.3. The number of carbonyl (C=O) groups excluding carboxylic acids is 2. The number of benzene rings is 6. The average molecular weight is 1800 g/mol. The number of carbonyl (C=O) groups is 2. The van der Waals surface area contributed by atoms with E-state index in [-0.39, 0.29) is 87.3 Å². The molecule has 2 unspecified atom stereocenters. The molecule has 0 radical (unpaired) electrons. The van der Waals surface area contributed by atoms with Crippen molar-refractivity contribution in [2.24, 2.45) is 11.8 Å². The second kappa shape index (κ2) is 51.0. The van der Waals surface area contributed by atoms with Gasteiger partial charge < -0.3 is 76.9 Å². The number of aliphatic hydroxyl groups excluding tert-OH is 1. The summed E-state index contributed by atoms with van der Waals surface area (Å²) in [7, 11) is 3.63. The van der Waals surface area contributed by atoms with E-state index in [1.54, 1.807) is 28.4 Å². The van der Waals surface area contributed by atoms with Crippen LogP contribution < -0.4 is 52.1 Å². The van der Waals surface area contributed by atoms with Gasteiger partial charge >= 0.3 is 11.4 Å². The number of aromatic amines is 2. The summed E-state index contributed by atoms with van der Waals surface area (Å²) in [6, 6.07) is 51.0. The molecule has 6 aromatic carbocycles. The number of hydrogen-bond donors (Lipinski definition) is 5. The van der Waals surface area contributed by atoms with Crippen molar-refractivity contribution < 1.29 is 66.2 Å². The predicted octanol–water partition coefficient (Wildman–Crippen LogP) is 15.0. The van der Waals surface area contributed by atoms with Crippen LogP contribution in [0.15, 0.2) is 189 Å². The monoisotopic (exact) mass is 1800 g/mol. The molecule has 2 aliphatic heterocycles. The summed E-state index contributed by atoms with van der Waals surface area (Å²) in [6.45, 7) is 39.9. The van der Waals surface area contributed by atoms with Crippen molar-refractivity contribution in [1.29, 1.82) is 0 Å². The standard InChI is InChI=1S/C48H60N5O9P.C39H43N3O8.C9H18ClN2OP/c1-33(2)17-26-44(54)50-27-13-14-36-31-52(47(56)51-46(36)55)45-30-42(62-63(60-29-28-49-7)53(34(3)4)35(5)6)43(61-45)32-59-48(37-15-11-10-12-16-37,38-18-22-40(57-8)23-19-38)39-20-24-41(58-9)25-21-39;1-26(2)12-21-35(44)40-22-8-9-27-24-42(38(46)41-37(27)45)36-23-33(43)34(50-36)25-49-39(28-10-6-5-7-11-28,29-13-17-31(47-3)18-14-29)30-15-19-32(48-4)20-16-30;1-8(2)12(9(3)4)14(10)13-7-6-11-5/h10-12,15-16,18-25,31,33-35,42-43,45H,17,26-30,32H2,1-6,8-9H3,(H,50,54)(H,51,55,56);5-7,10-11,13-20,24,26,33-34,36,43H,12,21-23,25H2,1-4H3,(H,40,44)(H,41,45,46);8-9H,6-7H2,1-4H3/t42-,43-,45-,63?;33-,34-,36-;/m11./s1. The van der Waals surface area contributed by atoms with E-state index < -0.39 is 86.7 Å². The van der Waals surface area contributed by atoms with Crippen molar-refractivity contribution in [3.63, 3.8) is 0 Å². The zero-order valence-corrected chi connectivity index (χ0v) is 77.9. The van der Waals surface area contributed by atoms with E-state index in [1.807, 2.05) is 185 Å². The van der Waals surface area contributed by atoms with E-state index in [2.05, 4.69) is 119 Å². The second-order valence-electron chi connectivity index (χ2n) is 32.0. The van der Waals surface area contributed by atoms with Gasteiger partial charge in [-0.3, -0.25) is 38.3 Å². The molecule has 5 N–H and O–H groups in total. The van der Waals surface area contributed by atoms with E-state index in [0.717, 1.165) is 46.2 Å². The van der Waals surface area contributed by atoms with Crippen molar-refractivity contribution in [3.05, 3.63) is 279 Å². The molecule has 680 valence electrons. The van der Waals surface area contributed by atoms with Gasteiger partial charge in [0.15, 0.2) is 0 Å². The summed E-state index contributed by atoms with van der Waals surface area (Å²) in [6.07, 6.45) is 0.139. The molecular formula is C96H121ClN10O18P2. The first-order valence-corrected chi connectivity index (χ1v) is 45.8. The molecule has 2 fully saturated rings. The van der Waals surface area contributed by atoms with Crippen LogP contribution in [0.3, 0.4) is 0 Å². The molecule has 0 aliphatic carbocycles. The predicted molar refractivity (Wildman–Crippen MR) is 494 cm³/mol. The van der Waals surface area contributed by atoms with Gasteiger partial charge in [0, 0.05) is 62.2 Å². The van der Waals surface area contributed by atoms with E-state index in [9.17, 15) is 33.9 Å². The molecule has 10 rings (SSSR count). The van der Waals surface area contributed by atoms with Crippen LogP contribution in [0.1, 0.15) is 179 Å². The Hall–Kier alpha value is -10.3. The number of rotatable bonds is 40. The van der Waals surface area contributed by atoms with Crippen LogP contribution >= 0.6 is 27.4 Å². The van der Waals surface area contributed by atoms with E-state index in [0.29, 0.717) is 72.9 Å². The smallest absolute Gasteiger partial charge is 0.330 e. The molecule has 2 aromatic heterocycles. The lowest BCUT2D eigenvalue weighted by Gasteiger charge is -2.39. The van der Waals surface area contributed by atoms with Crippen LogP contribution in [0.4, 0.5) is 0 Å². The minimum Gasteiger partial charge on any atom is -0.497 e. The molecule has 0 spiro atoms. The van der Waals surface area contributed by atoms with Crippen molar-refractivity contribution in [2.45, 2.75) is 194 Å². The van der Waals surface area contributed by atoms with Gasteiger partial charge in [-0.05, 0) is 173 Å². The molecule has 4 heterocycles. The quantitative estimate of drug-likeness (QED) is 0.00783. The van der Waals surface area contributed by atoms with Gasteiger partial charge in [-0.1, -0.05) is 161 Å². The highest BCUT2D eigenvalue weighted by molar-refractivity contribution is 7.78. The zero-order valence-electron chi connectivity index (χ0n) is 75.3. The maximum absolute atomic E-state index is 13.6. The maximum Gasteiger partial charge on any atom is 0.330 e. The van der Waals surface area contributed by atoms with Crippen molar-refractivity contribution >= 4 is 39.2 Å². The molecule has 0 saturated carbocycles. The van der Waals surface area contributed by atoms with Gasteiger partial charge in [-0.15, -0.1) is 0 Å². The first-order chi connectivity index (χ1) is 60.9. The summed E-state index contributed by atoms with van der Waals surface area (Å²) in [4.78, 5) is 87.7. The summed E-state index contributed by atoms with van der Waals surface area (Å²) >= 11 is 6.14. The van der Waals surface area contributed by atoms with Crippen LogP contribution in [-0.4, -0.2) is 175 Å². The Bertz CT molecular complexity index is 5130. The topological polar surface area (TPSA) is 305 Å². The van der Waals surface area contributed by atoms with E-state index in [1.165, 1.54) is 21.5 Å². The Labute approximate surface area is 752 Å². The van der Waals surface area contributed by atoms with Crippen LogP contribution in [0.5, 0.6) is 23.0 Å². The Morgan fingerprint density at radius 3 is 1.22 bits per heavy atom. The lowest BCUT2D eigenvalue weighted by Crippen LogP contribution is -2.39. The Morgan fingerprint density at radius 2 is 0.866 bits per heavy atom. The number of ether oxygens (including phenoxy) is 8. The van der Waals surface area contributed by atoms with Gasteiger partial charge in [0.25, 0.3) is 19.6 Å². The van der Waals surface area contributed by atoms with Crippen molar-refractivity contribution in [3.8, 4) is 46.7 Å².